The molecule has 100 heavy (non-hydrogen) atoms. The molecule has 594 valence electrons. The van der Waals surface area contributed by atoms with E-state index in [2.05, 4.69) is 41.5 Å². The van der Waals surface area contributed by atoms with Gasteiger partial charge >= 0.3 is 39.5 Å². The summed E-state index contributed by atoms with van der Waals surface area (Å²) in [5.74, 6) is -0.455. The quantitative estimate of drug-likeness (QED) is 0.0222. The van der Waals surface area contributed by atoms with Gasteiger partial charge in [0.2, 0.25) is 0 Å². The summed E-state index contributed by atoms with van der Waals surface area (Å²) in [4.78, 5) is 73.0. The van der Waals surface area contributed by atoms with E-state index < -0.39 is 97.5 Å². The highest BCUT2D eigenvalue weighted by molar-refractivity contribution is 7.47. The Morgan fingerprint density at radius 2 is 0.510 bits per heavy atom. The van der Waals surface area contributed by atoms with Crippen LogP contribution in [-0.4, -0.2) is 96.7 Å². The second-order valence-corrected chi connectivity index (χ2v) is 32.8. The molecule has 0 aromatic carbocycles. The molecule has 0 radical (unpaired) electrons. The molecule has 0 spiro atoms. The lowest BCUT2D eigenvalue weighted by Gasteiger charge is -2.21. The van der Waals surface area contributed by atoms with Gasteiger partial charge in [-0.25, -0.2) is 9.13 Å². The van der Waals surface area contributed by atoms with Crippen LogP contribution in [0.5, 0.6) is 0 Å². The number of unbranched alkanes of at least 4 members (excludes halogenated alkanes) is 49. The Morgan fingerprint density at radius 1 is 0.290 bits per heavy atom. The number of aliphatic hydroxyl groups is 1. The van der Waals surface area contributed by atoms with Crippen LogP contribution < -0.4 is 0 Å². The number of carbonyl (C=O) groups excluding carboxylic acids is 4. The molecule has 6 atom stereocenters. The van der Waals surface area contributed by atoms with E-state index in [1.807, 2.05) is 0 Å². The summed E-state index contributed by atoms with van der Waals surface area (Å²) >= 11 is 0. The van der Waals surface area contributed by atoms with Crippen molar-refractivity contribution >= 4 is 39.5 Å². The molecule has 17 nitrogen and oxygen atoms in total. The maximum atomic E-state index is 13.1. The number of hydrogen-bond acceptors (Lipinski definition) is 15. The Bertz CT molecular complexity index is 1930. The Morgan fingerprint density at radius 3 is 0.760 bits per heavy atom. The zero-order valence-corrected chi connectivity index (χ0v) is 67.3. The van der Waals surface area contributed by atoms with Gasteiger partial charge < -0.3 is 33.8 Å². The minimum Gasteiger partial charge on any atom is -0.462 e. The number of ether oxygens (including phenoxy) is 4. The van der Waals surface area contributed by atoms with Gasteiger partial charge in [-0.3, -0.25) is 37.3 Å². The minimum absolute atomic E-state index is 0.108. The van der Waals surface area contributed by atoms with Crippen molar-refractivity contribution in [3.63, 3.8) is 0 Å². The summed E-state index contributed by atoms with van der Waals surface area (Å²) in [5.41, 5.74) is 0. The lowest BCUT2D eigenvalue weighted by molar-refractivity contribution is -0.161. The smallest absolute Gasteiger partial charge is 0.462 e. The molecule has 3 N–H and O–H groups in total. The van der Waals surface area contributed by atoms with E-state index in [9.17, 15) is 43.2 Å². The van der Waals surface area contributed by atoms with Gasteiger partial charge in [0.05, 0.1) is 26.4 Å². The van der Waals surface area contributed by atoms with Gasteiger partial charge in [-0.05, 0) is 37.5 Å². The highest BCUT2D eigenvalue weighted by Crippen LogP contribution is 2.45. The molecule has 0 aliphatic carbocycles. The van der Waals surface area contributed by atoms with E-state index in [0.29, 0.717) is 25.7 Å². The second kappa shape index (κ2) is 72.6. The maximum absolute atomic E-state index is 13.1. The first kappa shape index (κ1) is 98.1. The largest absolute Gasteiger partial charge is 0.472 e. The molecule has 0 bridgehead atoms. The van der Waals surface area contributed by atoms with Crippen molar-refractivity contribution in [2.24, 2.45) is 11.8 Å². The van der Waals surface area contributed by atoms with Gasteiger partial charge in [0, 0.05) is 25.7 Å². The molecule has 0 fully saturated rings. The third kappa shape index (κ3) is 73.0. The van der Waals surface area contributed by atoms with E-state index in [1.165, 1.54) is 244 Å². The molecule has 3 unspecified atom stereocenters. The lowest BCUT2D eigenvalue weighted by Crippen LogP contribution is -2.30. The number of carbonyl (C=O) groups is 4. The maximum Gasteiger partial charge on any atom is 0.472 e. The first-order valence-electron chi connectivity index (χ1n) is 42.0. The van der Waals surface area contributed by atoms with Crippen LogP contribution in [0.4, 0.5) is 0 Å². The van der Waals surface area contributed by atoms with E-state index in [1.54, 1.807) is 0 Å². The van der Waals surface area contributed by atoms with Gasteiger partial charge in [0.15, 0.2) is 12.2 Å². The van der Waals surface area contributed by atoms with Crippen molar-refractivity contribution in [2.75, 3.05) is 39.6 Å². The summed E-state index contributed by atoms with van der Waals surface area (Å²) in [5, 5.41) is 10.6. The van der Waals surface area contributed by atoms with Crippen molar-refractivity contribution < 1.29 is 80.2 Å². The monoisotopic (exact) mass is 1470 g/mol. The third-order valence-corrected chi connectivity index (χ3v) is 21.2. The zero-order valence-electron chi connectivity index (χ0n) is 65.5. The molecule has 19 heteroatoms. The van der Waals surface area contributed by atoms with Crippen LogP contribution in [-0.2, 0) is 65.4 Å². The van der Waals surface area contributed by atoms with Gasteiger partial charge in [0.1, 0.15) is 19.3 Å². The first-order valence-corrected chi connectivity index (χ1v) is 45.0. The summed E-state index contributed by atoms with van der Waals surface area (Å²) in [6, 6.07) is 0. The molecule has 0 rings (SSSR count). The third-order valence-electron chi connectivity index (χ3n) is 19.3. The van der Waals surface area contributed by atoms with Crippen LogP contribution in [0.15, 0.2) is 0 Å². The second-order valence-electron chi connectivity index (χ2n) is 29.9. The summed E-state index contributed by atoms with van der Waals surface area (Å²) in [6.07, 6.45) is 62.3. The fourth-order valence-electron chi connectivity index (χ4n) is 12.5. The predicted molar refractivity (Wildman–Crippen MR) is 409 cm³/mol. The van der Waals surface area contributed by atoms with E-state index in [4.69, 9.17) is 37.0 Å². The van der Waals surface area contributed by atoms with E-state index in [-0.39, 0.29) is 25.7 Å². The summed E-state index contributed by atoms with van der Waals surface area (Å²) in [6.45, 7) is 9.71. The SMILES string of the molecule is CCCCCCCCCCCCCCCCCC(=O)O[C@H](COC(=O)CCCCCCCCCCC)COP(=O)(O)OC[C@H](O)COP(=O)(O)OC[C@@H](COC(=O)CCCCCCCCCCCCCCCCC(C)CC)OC(=O)CCCCCCCCCCCCCCCCCC(C)C. The molecular weight excluding hydrogens is 1310 g/mol. The highest BCUT2D eigenvalue weighted by Gasteiger charge is 2.30. The fraction of sp³-hybridized carbons (Fsp3) is 0.951. The molecule has 0 aliphatic rings. The van der Waals surface area contributed by atoms with E-state index in [0.717, 1.165) is 102 Å². The average molecular weight is 1470 g/mol. The Labute approximate surface area is 613 Å². The topological polar surface area (TPSA) is 237 Å². The molecule has 0 aromatic heterocycles. The van der Waals surface area contributed by atoms with Gasteiger partial charge in [0.25, 0.3) is 0 Å². The highest BCUT2D eigenvalue weighted by atomic mass is 31.2. The van der Waals surface area contributed by atoms with Crippen molar-refractivity contribution in [1.29, 1.82) is 0 Å². The van der Waals surface area contributed by atoms with Gasteiger partial charge in [-0.2, -0.15) is 0 Å². The summed E-state index contributed by atoms with van der Waals surface area (Å²) in [7, 11) is -9.92. The number of phosphoric ester groups is 2. The minimum atomic E-state index is -4.96. The molecule has 0 aromatic rings. The van der Waals surface area contributed by atoms with Crippen molar-refractivity contribution in [1.82, 2.24) is 0 Å². The number of hydrogen-bond donors (Lipinski definition) is 3. The van der Waals surface area contributed by atoms with Crippen molar-refractivity contribution in [2.45, 2.75) is 445 Å². The van der Waals surface area contributed by atoms with Crippen LogP contribution in [0.3, 0.4) is 0 Å². The van der Waals surface area contributed by atoms with Gasteiger partial charge in [-0.1, -0.05) is 375 Å². The zero-order chi connectivity index (χ0) is 73.5. The number of esters is 4. The van der Waals surface area contributed by atoms with Crippen molar-refractivity contribution in [3.8, 4) is 0 Å². The van der Waals surface area contributed by atoms with Crippen LogP contribution in [0.2, 0.25) is 0 Å². The molecule has 0 amide bonds. The number of aliphatic hydroxyl groups excluding tert-OH is 1. The van der Waals surface area contributed by atoms with Crippen LogP contribution in [0, 0.1) is 11.8 Å². The first-order chi connectivity index (χ1) is 48.4. The van der Waals surface area contributed by atoms with E-state index >= 15 is 0 Å². The van der Waals surface area contributed by atoms with Gasteiger partial charge in [-0.15, -0.1) is 0 Å². The molecule has 0 saturated carbocycles. The Kier molecular flexibility index (Phi) is 71.2. The average Bonchev–Trinajstić information content (AvgIpc) is 0.924. The number of phosphoric acid groups is 2. The van der Waals surface area contributed by atoms with Crippen LogP contribution >= 0.6 is 15.6 Å². The lowest BCUT2D eigenvalue weighted by atomic mass is 9.99. The molecule has 0 aliphatic heterocycles. The van der Waals surface area contributed by atoms with Crippen LogP contribution in [0.25, 0.3) is 0 Å². The fourth-order valence-corrected chi connectivity index (χ4v) is 14.1. The Hall–Kier alpha value is -1.94. The molecule has 0 saturated heterocycles. The molecular formula is C81H158O17P2. The Balaban J connectivity index is 5.23. The predicted octanol–water partition coefficient (Wildman–Crippen LogP) is 24.3. The molecule has 0 heterocycles. The van der Waals surface area contributed by atoms with Crippen LogP contribution in [0.1, 0.15) is 427 Å². The summed E-state index contributed by atoms with van der Waals surface area (Å²) < 4.78 is 68.7. The normalized spacial score (nSPS) is 14.2. The number of rotatable bonds is 80. The van der Waals surface area contributed by atoms with Crippen molar-refractivity contribution in [3.05, 3.63) is 0 Å². The standard InChI is InChI=1S/C81H158O17P2/c1-7-10-12-14-16-18-19-20-22-30-35-41-47-53-59-65-80(85)97-76(69-91-78(83)63-57-51-45-37-17-15-13-11-8-2)71-95-99(87,88)93-67-75(82)68-94-100(89,90)96-72-77(98-81(86)66-60-54-48-42-36-31-24-21-23-27-32-38-43-49-55-61-73(4)5)70-92-79(84)64-58-52-46-40-34-29-26-25-28-33-39-44-50-56-62-74(6)9-3/h73-77,82H,7-72H2,1-6H3,(H,87,88)(H,89,90)/t74?,75-,76+,77+/m0/s1.